The lowest BCUT2D eigenvalue weighted by atomic mass is 9.81. The molecule has 202 valence electrons. The van der Waals surface area contributed by atoms with E-state index >= 15 is 0 Å². The van der Waals surface area contributed by atoms with E-state index in [-0.39, 0.29) is 16.7 Å². The molecule has 3 aromatic rings. The van der Waals surface area contributed by atoms with Gasteiger partial charge in [-0.15, -0.1) is 13.2 Å². The lowest BCUT2D eigenvalue weighted by Crippen LogP contribution is -2.49. The highest BCUT2D eigenvalue weighted by molar-refractivity contribution is 5.95. The van der Waals surface area contributed by atoms with Crippen molar-refractivity contribution < 1.29 is 9.59 Å². The average molecular weight is 515 g/mol. The number of carbonyl (C=O) groups is 2. The van der Waals surface area contributed by atoms with Crippen molar-refractivity contribution in [3.05, 3.63) is 90.7 Å². The molecule has 3 amide bonds. The Hall–Kier alpha value is -3.80. The van der Waals surface area contributed by atoms with Crippen LogP contribution in [0.25, 0.3) is 10.9 Å². The monoisotopic (exact) mass is 514 g/mol. The number of rotatable bonds is 9. The van der Waals surface area contributed by atoms with E-state index in [0.29, 0.717) is 19.5 Å². The van der Waals surface area contributed by atoms with E-state index in [2.05, 4.69) is 87.4 Å². The molecule has 0 saturated heterocycles. The van der Waals surface area contributed by atoms with Gasteiger partial charge in [-0.2, -0.15) is 0 Å². The van der Waals surface area contributed by atoms with Gasteiger partial charge in [0, 0.05) is 42.3 Å². The Morgan fingerprint density at radius 2 is 1.68 bits per heavy atom. The number of urea groups is 1. The first kappa shape index (κ1) is 28.8. The number of fused-ring (bicyclic) bond motifs is 1. The van der Waals surface area contributed by atoms with E-state index < -0.39 is 12.1 Å². The number of amides is 3. The zero-order chi connectivity index (χ0) is 28.1. The topological polar surface area (TPSA) is 75.2 Å². The van der Waals surface area contributed by atoms with E-state index in [0.717, 1.165) is 33.3 Å². The molecule has 3 N–H and O–H groups in total. The maximum absolute atomic E-state index is 13.4. The molecular weight excluding hydrogens is 472 g/mol. The van der Waals surface area contributed by atoms with Crippen LogP contribution in [0.15, 0.2) is 74.0 Å². The van der Waals surface area contributed by atoms with Gasteiger partial charge in [-0.05, 0) is 39.7 Å². The van der Waals surface area contributed by atoms with Gasteiger partial charge in [0.25, 0.3) is 0 Å². The molecule has 1 heterocycles. The number of hydrogen-bond donors (Lipinski definition) is 3. The molecule has 0 aliphatic rings. The lowest BCUT2D eigenvalue weighted by molar-refractivity contribution is -0.122. The van der Waals surface area contributed by atoms with Crippen molar-refractivity contribution in [2.75, 3.05) is 11.9 Å². The summed E-state index contributed by atoms with van der Waals surface area (Å²) in [5.41, 5.74) is 4.69. The number of benzene rings is 2. The van der Waals surface area contributed by atoms with Gasteiger partial charge in [0.1, 0.15) is 6.04 Å². The molecule has 1 aromatic heterocycles. The summed E-state index contributed by atoms with van der Waals surface area (Å²) in [6.45, 7) is 21.3. The second kappa shape index (κ2) is 11.7. The van der Waals surface area contributed by atoms with Gasteiger partial charge >= 0.3 is 6.03 Å². The smallest absolute Gasteiger partial charge is 0.319 e. The van der Waals surface area contributed by atoms with Crippen molar-refractivity contribution in [2.45, 2.75) is 71.4 Å². The number of aromatic nitrogens is 1. The molecule has 0 aliphatic heterocycles. The first-order valence-corrected chi connectivity index (χ1v) is 13.1. The van der Waals surface area contributed by atoms with Gasteiger partial charge in [-0.25, -0.2) is 4.79 Å². The lowest BCUT2D eigenvalue weighted by Gasteiger charge is -2.27. The minimum atomic E-state index is -0.776. The molecule has 0 unspecified atom stereocenters. The van der Waals surface area contributed by atoms with Crippen LogP contribution in [-0.4, -0.2) is 29.1 Å². The summed E-state index contributed by atoms with van der Waals surface area (Å²) in [7, 11) is 0. The highest BCUT2D eigenvalue weighted by Gasteiger charge is 2.26. The van der Waals surface area contributed by atoms with Gasteiger partial charge in [0.15, 0.2) is 0 Å². The molecule has 2 aromatic carbocycles. The van der Waals surface area contributed by atoms with Crippen LogP contribution >= 0.6 is 0 Å². The van der Waals surface area contributed by atoms with Gasteiger partial charge < -0.3 is 20.5 Å². The molecule has 3 rings (SSSR count). The summed E-state index contributed by atoms with van der Waals surface area (Å²) < 4.78 is 2.10. The van der Waals surface area contributed by atoms with E-state index in [1.807, 2.05) is 42.6 Å². The summed E-state index contributed by atoms with van der Waals surface area (Å²) in [6, 6.07) is 13.1. The Labute approximate surface area is 227 Å². The van der Waals surface area contributed by atoms with E-state index in [1.54, 1.807) is 6.08 Å². The second-order valence-electron chi connectivity index (χ2n) is 11.8. The van der Waals surface area contributed by atoms with Gasteiger partial charge in [0.05, 0.1) is 0 Å². The summed E-state index contributed by atoms with van der Waals surface area (Å²) in [5, 5.41) is 9.88. The zero-order valence-corrected chi connectivity index (χ0v) is 23.7. The van der Waals surface area contributed by atoms with Crippen LogP contribution in [0.1, 0.15) is 58.2 Å². The highest BCUT2D eigenvalue weighted by atomic mass is 16.2. The van der Waals surface area contributed by atoms with Crippen LogP contribution in [0.5, 0.6) is 0 Å². The van der Waals surface area contributed by atoms with E-state index in [9.17, 15) is 9.59 Å². The summed E-state index contributed by atoms with van der Waals surface area (Å²) in [4.78, 5) is 26.5. The molecule has 6 heteroatoms. The van der Waals surface area contributed by atoms with E-state index in [4.69, 9.17) is 0 Å². The second-order valence-corrected chi connectivity index (χ2v) is 11.8. The third-order valence-corrected chi connectivity index (χ3v) is 6.61. The van der Waals surface area contributed by atoms with Crippen LogP contribution < -0.4 is 16.0 Å². The Balaban J connectivity index is 1.92. The molecule has 38 heavy (non-hydrogen) atoms. The molecule has 0 bridgehead atoms. The number of para-hydroxylation sites is 1. The number of nitrogens with zero attached hydrogens (tertiary/aromatic N) is 1. The van der Waals surface area contributed by atoms with E-state index in [1.165, 1.54) is 0 Å². The van der Waals surface area contributed by atoms with Crippen LogP contribution in [0.4, 0.5) is 10.5 Å². The van der Waals surface area contributed by atoms with Crippen molar-refractivity contribution >= 4 is 28.5 Å². The molecule has 0 aliphatic carbocycles. The minimum Gasteiger partial charge on any atom is -0.351 e. The predicted octanol–water partition coefficient (Wildman–Crippen LogP) is 6.46. The first-order valence-electron chi connectivity index (χ1n) is 13.1. The molecule has 1 atom stereocenters. The Bertz CT molecular complexity index is 1320. The Morgan fingerprint density at radius 1 is 0.974 bits per heavy atom. The quantitative estimate of drug-likeness (QED) is 0.287. The van der Waals surface area contributed by atoms with Crippen molar-refractivity contribution in [1.29, 1.82) is 0 Å². The molecule has 6 nitrogen and oxygen atoms in total. The maximum atomic E-state index is 13.4. The predicted molar refractivity (Wildman–Crippen MR) is 159 cm³/mol. The van der Waals surface area contributed by atoms with Gasteiger partial charge in [0.2, 0.25) is 5.91 Å². The Kier molecular flexibility index (Phi) is 8.87. The van der Waals surface area contributed by atoms with Crippen LogP contribution in [0, 0.1) is 0 Å². The van der Waals surface area contributed by atoms with Crippen molar-refractivity contribution in [1.82, 2.24) is 15.2 Å². The molecule has 0 spiro atoms. The SMILES string of the molecule is C=CCNC(=O)[C@@H](Cc1cn(CC=C)c2ccccc12)NC(=O)Nc1cc(C(C)(C)C)ccc1C(C)(C)C. The normalized spacial score (nSPS) is 12.6. The molecule has 0 saturated carbocycles. The van der Waals surface area contributed by atoms with Gasteiger partial charge in [-0.1, -0.05) is 84.0 Å². The highest BCUT2D eigenvalue weighted by Crippen LogP contribution is 2.34. The fraction of sp³-hybridized carbons (Fsp3) is 0.375. The third-order valence-electron chi connectivity index (χ3n) is 6.61. The van der Waals surface area contributed by atoms with Crippen LogP contribution in [-0.2, 0) is 28.6 Å². The number of hydrogen-bond acceptors (Lipinski definition) is 2. The zero-order valence-electron chi connectivity index (χ0n) is 23.7. The number of allylic oxidation sites excluding steroid dienone is 1. The molecular formula is C32H42N4O2. The maximum Gasteiger partial charge on any atom is 0.319 e. The minimum absolute atomic E-state index is 0.0733. The Morgan fingerprint density at radius 3 is 2.32 bits per heavy atom. The summed E-state index contributed by atoms with van der Waals surface area (Å²) in [6.07, 6.45) is 5.84. The largest absolute Gasteiger partial charge is 0.351 e. The van der Waals surface area contributed by atoms with Crippen LogP contribution in [0.2, 0.25) is 0 Å². The fourth-order valence-electron chi connectivity index (χ4n) is 4.59. The fourth-order valence-corrected chi connectivity index (χ4v) is 4.59. The number of anilines is 1. The van der Waals surface area contributed by atoms with Crippen molar-refractivity contribution in [2.24, 2.45) is 0 Å². The van der Waals surface area contributed by atoms with Gasteiger partial charge in [-0.3, -0.25) is 4.79 Å². The average Bonchev–Trinajstić information content (AvgIpc) is 3.18. The third kappa shape index (κ3) is 6.94. The summed E-state index contributed by atoms with van der Waals surface area (Å²) >= 11 is 0. The number of nitrogens with one attached hydrogen (secondary N) is 3. The molecule has 0 fully saturated rings. The van der Waals surface area contributed by atoms with Crippen molar-refractivity contribution in [3.63, 3.8) is 0 Å². The van der Waals surface area contributed by atoms with Crippen LogP contribution in [0.3, 0.4) is 0 Å². The number of carbonyl (C=O) groups excluding carboxylic acids is 2. The standard InChI is InChI=1S/C32H42N4O2/c1-9-17-33-29(37)27(19-22-21-36(18-10-2)28-14-12-11-13-24(22)28)35-30(38)34-26-20-23(31(3,4)5)15-16-25(26)32(6,7)8/h9-16,20-21,27H,1-2,17-19H2,3-8H3,(H,33,37)(H2,34,35,38)/t27-/m1/s1. The van der Waals surface area contributed by atoms with Crippen molar-refractivity contribution in [3.8, 4) is 0 Å². The summed E-state index contributed by atoms with van der Waals surface area (Å²) in [5.74, 6) is -0.264. The first-order chi connectivity index (χ1) is 17.8. The molecule has 0 radical (unpaired) electrons.